The van der Waals surface area contributed by atoms with E-state index in [0.29, 0.717) is 57.6 Å². The first-order chi connectivity index (χ1) is 18.1. The van der Waals surface area contributed by atoms with Crippen molar-refractivity contribution in [2.24, 2.45) is 0 Å². The molecule has 3 aromatic heterocycles. The summed E-state index contributed by atoms with van der Waals surface area (Å²) in [4.78, 5) is 27.5. The fourth-order valence-electron chi connectivity index (χ4n) is 3.92. The fraction of sp³-hybridized carbons (Fsp3) is 0.333. The van der Waals surface area contributed by atoms with Gasteiger partial charge in [-0.05, 0) is 38.1 Å². The van der Waals surface area contributed by atoms with Crippen LogP contribution in [0, 0.1) is 0 Å². The van der Waals surface area contributed by atoms with E-state index in [1.807, 2.05) is 19.2 Å². The van der Waals surface area contributed by atoms with Gasteiger partial charge >= 0.3 is 0 Å². The Morgan fingerprint density at radius 3 is 2.50 bits per heavy atom. The SMILES string of the molecule is CNc1ccc(CCn2c(=O)c(-c3cc(OC)cc(OC)c3Cl)cc3cnc(NCC(C)(C)O)nc32)nc1. The minimum absolute atomic E-state index is 0.238. The number of halogens is 1. The number of nitrogens with zero attached hydrogens (tertiary/aromatic N) is 4. The lowest BCUT2D eigenvalue weighted by molar-refractivity contribution is 0.0943. The second-order valence-corrected chi connectivity index (χ2v) is 9.76. The highest BCUT2D eigenvalue weighted by atomic mass is 35.5. The average molecular weight is 539 g/mol. The summed E-state index contributed by atoms with van der Waals surface area (Å²) >= 11 is 6.65. The number of methoxy groups -OCH3 is 2. The third-order valence-corrected chi connectivity index (χ3v) is 6.36. The van der Waals surface area contributed by atoms with Crippen molar-refractivity contribution in [2.45, 2.75) is 32.4 Å². The van der Waals surface area contributed by atoms with Crippen LogP contribution in [0.2, 0.25) is 5.02 Å². The zero-order chi connectivity index (χ0) is 27.4. The number of benzene rings is 1. The van der Waals surface area contributed by atoms with Gasteiger partial charge in [0.1, 0.15) is 17.1 Å². The summed E-state index contributed by atoms with van der Waals surface area (Å²) in [6.45, 7) is 3.92. The molecular weight excluding hydrogens is 508 g/mol. The van der Waals surface area contributed by atoms with E-state index in [2.05, 4.69) is 25.6 Å². The van der Waals surface area contributed by atoms with E-state index in [-0.39, 0.29) is 12.1 Å². The Labute approximate surface area is 225 Å². The lowest BCUT2D eigenvalue weighted by Crippen LogP contribution is -2.30. The van der Waals surface area contributed by atoms with E-state index in [4.69, 9.17) is 21.1 Å². The standard InChI is InChI=1S/C27H31ClN6O4/c1-27(2,36)15-32-26-31-13-16-10-21(20-11-19(37-4)12-22(38-5)23(20)28)25(35)34(24(16)33-26)9-8-17-6-7-18(29-3)14-30-17/h6-7,10-14,29,36H,8-9,15H2,1-5H3,(H,31,32,33). The summed E-state index contributed by atoms with van der Waals surface area (Å²) < 4.78 is 12.4. The Morgan fingerprint density at radius 1 is 1.08 bits per heavy atom. The number of pyridine rings is 2. The first-order valence-electron chi connectivity index (χ1n) is 12.0. The van der Waals surface area contributed by atoms with E-state index in [0.717, 1.165) is 11.4 Å². The van der Waals surface area contributed by atoms with Crippen LogP contribution in [0.15, 0.2) is 47.5 Å². The smallest absolute Gasteiger partial charge is 0.260 e. The molecule has 0 fully saturated rings. The van der Waals surface area contributed by atoms with E-state index in [9.17, 15) is 9.90 Å². The molecular formula is C27H31ClN6O4. The number of hydrogen-bond acceptors (Lipinski definition) is 9. The summed E-state index contributed by atoms with van der Waals surface area (Å²) in [5.41, 5.74) is 1.76. The molecule has 200 valence electrons. The number of anilines is 2. The lowest BCUT2D eigenvalue weighted by atomic mass is 10.0. The topological polar surface area (TPSA) is 123 Å². The van der Waals surface area contributed by atoms with Crippen LogP contribution in [-0.4, -0.2) is 58.0 Å². The van der Waals surface area contributed by atoms with Crippen LogP contribution < -0.4 is 25.7 Å². The maximum absolute atomic E-state index is 14.0. The number of aromatic nitrogens is 4. The molecule has 3 heterocycles. The molecule has 0 atom stereocenters. The van der Waals surface area contributed by atoms with Crippen LogP contribution >= 0.6 is 11.6 Å². The molecule has 3 N–H and O–H groups in total. The largest absolute Gasteiger partial charge is 0.497 e. The van der Waals surface area contributed by atoms with E-state index in [1.54, 1.807) is 49.0 Å². The summed E-state index contributed by atoms with van der Waals surface area (Å²) in [6, 6.07) is 8.93. The number of fused-ring (bicyclic) bond motifs is 1. The van der Waals surface area contributed by atoms with Gasteiger partial charge in [0.05, 0.1) is 36.7 Å². The minimum atomic E-state index is -0.963. The minimum Gasteiger partial charge on any atom is -0.497 e. The molecule has 0 unspecified atom stereocenters. The number of aryl methyl sites for hydroxylation is 2. The number of hydrogen-bond donors (Lipinski definition) is 3. The van der Waals surface area contributed by atoms with Crippen LogP contribution in [-0.2, 0) is 13.0 Å². The summed E-state index contributed by atoms with van der Waals surface area (Å²) in [5, 5.41) is 17.1. The number of aliphatic hydroxyl groups is 1. The molecule has 0 saturated carbocycles. The van der Waals surface area contributed by atoms with Crippen molar-refractivity contribution in [1.82, 2.24) is 19.5 Å². The monoisotopic (exact) mass is 538 g/mol. The zero-order valence-corrected chi connectivity index (χ0v) is 22.8. The van der Waals surface area contributed by atoms with Crippen molar-refractivity contribution < 1.29 is 14.6 Å². The highest BCUT2D eigenvalue weighted by Gasteiger charge is 2.20. The van der Waals surface area contributed by atoms with Crippen LogP contribution in [0.3, 0.4) is 0 Å². The van der Waals surface area contributed by atoms with E-state index >= 15 is 0 Å². The van der Waals surface area contributed by atoms with Gasteiger partial charge in [-0.15, -0.1) is 0 Å². The van der Waals surface area contributed by atoms with Crippen LogP contribution in [0.5, 0.6) is 11.5 Å². The summed E-state index contributed by atoms with van der Waals surface area (Å²) in [7, 11) is 4.87. The molecule has 0 saturated heterocycles. The second kappa shape index (κ2) is 11.2. The van der Waals surface area contributed by atoms with Gasteiger partial charge < -0.3 is 25.2 Å². The molecule has 4 rings (SSSR count). The maximum Gasteiger partial charge on any atom is 0.260 e. The van der Waals surface area contributed by atoms with Gasteiger partial charge in [-0.25, -0.2) is 4.98 Å². The van der Waals surface area contributed by atoms with Gasteiger partial charge in [-0.1, -0.05) is 11.6 Å². The number of nitrogens with one attached hydrogen (secondary N) is 2. The van der Waals surface area contributed by atoms with Crippen molar-refractivity contribution in [2.75, 3.05) is 38.4 Å². The van der Waals surface area contributed by atoms with Gasteiger partial charge in [-0.3, -0.25) is 14.3 Å². The third kappa shape index (κ3) is 5.98. The third-order valence-electron chi connectivity index (χ3n) is 5.97. The predicted octanol–water partition coefficient (Wildman–Crippen LogP) is 3.99. The second-order valence-electron chi connectivity index (χ2n) is 9.38. The fourth-order valence-corrected chi connectivity index (χ4v) is 4.21. The number of ether oxygens (including phenoxy) is 2. The number of rotatable bonds is 10. The highest BCUT2D eigenvalue weighted by molar-refractivity contribution is 6.35. The van der Waals surface area contributed by atoms with Crippen molar-refractivity contribution >= 4 is 34.3 Å². The molecule has 0 aliphatic rings. The van der Waals surface area contributed by atoms with Crippen LogP contribution in [0.4, 0.5) is 11.6 Å². The molecule has 1 aromatic carbocycles. The molecule has 0 aliphatic carbocycles. The highest BCUT2D eigenvalue weighted by Crippen LogP contribution is 2.38. The predicted molar refractivity (Wildman–Crippen MR) is 150 cm³/mol. The van der Waals surface area contributed by atoms with Crippen LogP contribution in [0.1, 0.15) is 19.5 Å². The Morgan fingerprint density at radius 2 is 1.87 bits per heavy atom. The maximum atomic E-state index is 14.0. The lowest BCUT2D eigenvalue weighted by Gasteiger charge is -2.18. The van der Waals surface area contributed by atoms with Gasteiger partial charge in [0.15, 0.2) is 0 Å². The first-order valence-corrected chi connectivity index (χ1v) is 12.4. The molecule has 0 aliphatic heterocycles. The van der Waals surface area contributed by atoms with Gasteiger partial charge in [0.25, 0.3) is 5.56 Å². The average Bonchev–Trinajstić information content (AvgIpc) is 2.91. The molecule has 4 aromatic rings. The zero-order valence-electron chi connectivity index (χ0n) is 22.0. The van der Waals surface area contributed by atoms with Gasteiger partial charge in [0, 0.05) is 61.0 Å². The Bertz CT molecular complexity index is 1500. The molecule has 0 spiro atoms. The summed E-state index contributed by atoms with van der Waals surface area (Å²) in [5.74, 6) is 1.20. The van der Waals surface area contributed by atoms with Crippen LogP contribution in [0.25, 0.3) is 22.2 Å². The molecule has 0 bridgehead atoms. The van der Waals surface area contributed by atoms with Crippen molar-refractivity contribution in [3.8, 4) is 22.6 Å². The summed E-state index contributed by atoms with van der Waals surface area (Å²) in [6.07, 6.45) is 3.88. The van der Waals surface area contributed by atoms with Crippen molar-refractivity contribution in [1.29, 1.82) is 0 Å². The Kier molecular flexibility index (Phi) is 8.03. The molecule has 11 heteroatoms. The quantitative estimate of drug-likeness (QED) is 0.275. The van der Waals surface area contributed by atoms with Gasteiger partial charge in [-0.2, -0.15) is 4.98 Å². The van der Waals surface area contributed by atoms with E-state index < -0.39 is 5.60 Å². The van der Waals surface area contributed by atoms with E-state index in [1.165, 1.54) is 14.2 Å². The van der Waals surface area contributed by atoms with Gasteiger partial charge in [0.2, 0.25) is 5.95 Å². The molecule has 0 amide bonds. The first kappa shape index (κ1) is 27.2. The normalized spacial score (nSPS) is 11.4. The molecule has 0 radical (unpaired) electrons. The Balaban J connectivity index is 1.85. The molecule has 38 heavy (non-hydrogen) atoms. The van der Waals surface area contributed by atoms with Crippen molar-refractivity contribution in [3.63, 3.8) is 0 Å². The molecule has 10 nitrogen and oxygen atoms in total. The van der Waals surface area contributed by atoms with Crippen molar-refractivity contribution in [3.05, 3.63) is 63.8 Å². The Hall–Kier alpha value is -3.89.